The molecule has 6 nitrogen and oxygen atoms in total. The maximum Gasteiger partial charge on any atom is 0.416 e. The fourth-order valence-electron chi connectivity index (χ4n) is 4.65. The van der Waals surface area contributed by atoms with Crippen LogP contribution in [0.2, 0.25) is 0 Å². The number of rotatable bonds is 8. The van der Waals surface area contributed by atoms with E-state index in [0.29, 0.717) is 18.7 Å². The molecule has 202 valence electrons. The quantitative estimate of drug-likeness (QED) is 0.430. The average Bonchev–Trinajstić information content (AvgIpc) is 3.36. The van der Waals surface area contributed by atoms with Crippen LogP contribution >= 0.6 is 0 Å². The molecule has 0 bridgehead atoms. The fourth-order valence-corrected chi connectivity index (χ4v) is 5.54. The molecule has 0 spiro atoms. The number of nitrogens with zero attached hydrogens (tertiary/aromatic N) is 1. The van der Waals surface area contributed by atoms with Crippen LogP contribution in [-0.4, -0.2) is 44.9 Å². The average molecular weight is 547 g/mol. The molecular formula is C28H29F3N2O4S. The number of alkyl halides is 3. The summed E-state index contributed by atoms with van der Waals surface area (Å²) in [6, 6.07) is 18.5. The van der Waals surface area contributed by atoms with E-state index in [-0.39, 0.29) is 41.5 Å². The number of nitrogens with one attached hydrogen (secondary N) is 1. The zero-order valence-electron chi connectivity index (χ0n) is 20.8. The van der Waals surface area contributed by atoms with E-state index in [1.165, 1.54) is 24.3 Å². The van der Waals surface area contributed by atoms with E-state index in [1.54, 1.807) is 31.2 Å². The van der Waals surface area contributed by atoms with Crippen molar-refractivity contribution < 1.29 is 31.5 Å². The Morgan fingerprint density at radius 1 is 0.974 bits per heavy atom. The van der Waals surface area contributed by atoms with Crippen molar-refractivity contribution in [1.82, 2.24) is 5.32 Å². The Balaban J connectivity index is 1.37. The van der Waals surface area contributed by atoms with E-state index >= 15 is 0 Å². The molecule has 1 amide bonds. The molecule has 3 aromatic carbocycles. The molecule has 3 aromatic rings. The van der Waals surface area contributed by atoms with Crippen LogP contribution in [0.4, 0.5) is 18.9 Å². The molecule has 1 aliphatic rings. The van der Waals surface area contributed by atoms with Crippen molar-refractivity contribution in [3.8, 4) is 0 Å². The molecule has 0 radical (unpaired) electrons. The zero-order valence-corrected chi connectivity index (χ0v) is 21.6. The summed E-state index contributed by atoms with van der Waals surface area (Å²) in [7, 11) is -3.28. The number of hydrogen-bond donors (Lipinski definition) is 2. The molecule has 10 heteroatoms. The Morgan fingerprint density at radius 3 is 2.16 bits per heavy atom. The SMILES string of the molecule is CCS(=O)(=O)c1ccc(CNC(=O)c2ccc(N3CC(CO)C(c4ccc(C(F)(F)F)cc4)C3)cc2)cc1. The number of amides is 1. The lowest BCUT2D eigenvalue weighted by Gasteiger charge is -2.19. The molecule has 2 atom stereocenters. The maximum atomic E-state index is 12.9. The number of aliphatic hydroxyl groups is 1. The van der Waals surface area contributed by atoms with Gasteiger partial charge in [-0.05, 0) is 59.7 Å². The second-order valence-corrected chi connectivity index (χ2v) is 11.6. The molecule has 2 unspecified atom stereocenters. The molecular weight excluding hydrogens is 517 g/mol. The molecule has 1 heterocycles. The first-order valence-corrected chi connectivity index (χ1v) is 13.9. The van der Waals surface area contributed by atoms with Crippen molar-refractivity contribution in [2.75, 3.05) is 30.3 Å². The minimum atomic E-state index is -4.40. The fraction of sp³-hybridized carbons (Fsp3) is 0.321. The standard InChI is InChI=1S/C28H29F3N2O4S/c1-2-38(36,37)25-13-3-19(4-14-25)15-32-27(35)21-7-11-24(12-8-21)33-16-22(18-34)26(17-33)20-5-9-23(10-6-20)28(29,30)31/h3-14,22,26,34H,2,15-18H2,1H3,(H,32,35). The van der Waals surface area contributed by atoms with Crippen LogP contribution in [0.1, 0.15) is 39.9 Å². The molecule has 1 aliphatic heterocycles. The van der Waals surface area contributed by atoms with Gasteiger partial charge in [0.15, 0.2) is 9.84 Å². The summed E-state index contributed by atoms with van der Waals surface area (Å²) in [4.78, 5) is 14.9. The van der Waals surface area contributed by atoms with Gasteiger partial charge in [0.05, 0.1) is 16.2 Å². The third-order valence-electron chi connectivity index (χ3n) is 6.95. The number of halogens is 3. The Morgan fingerprint density at radius 2 is 1.61 bits per heavy atom. The summed E-state index contributed by atoms with van der Waals surface area (Å²) in [5.74, 6) is -0.510. The van der Waals surface area contributed by atoms with Gasteiger partial charge in [-0.25, -0.2) is 8.42 Å². The Labute approximate surface area is 220 Å². The number of benzene rings is 3. The second-order valence-electron chi connectivity index (χ2n) is 9.35. The predicted octanol–water partition coefficient (Wildman–Crippen LogP) is 4.64. The highest BCUT2D eigenvalue weighted by atomic mass is 32.2. The first kappa shape index (κ1) is 27.7. The topological polar surface area (TPSA) is 86.7 Å². The van der Waals surface area contributed by atoms with Crippen LogP contribution in [0.5, 0.6) is 0 Å². The monoisotopic (exact) mass is 546 g/mol. The van der Waals surface area contributed by atoms with Crippen molar-refractivity contribution in [3.05, 3.63) is 95.1 Å². The number of aliphatic hydroxyl groups excluding tert-OH is 1. The molecule has 1 saturated heterocycles. The highest BCUT2D eigenvalue weighted by Gasteiger charge is 2.35. The molecule has 0 aromatic heterocycles. The van der Waals surface area contributed by atoms with Gasteiger partial charge in [0, 0.05) is 49.3 Å². The molecule has 0 saturated carbocycles. The highest BCUT2D eigenvalue weighted by Crippen LogP contribution is 2.37. The van der Waals surface area contributed by atoms with Gasteiger partial charge in [0.25, 0.3) is 5.91 Å². The number of hydrogen-bond acceptors (Lipinski definition) is 5. The molecule has 2 N–H and O–H groups in total. The summed E-state index contributed by atoms with van der Waals surface area (Å²) >= 11 is 0. The van der Waals surface area contributed by atoms with E-state index in [2.05, 4.69) is 10.2 Å². The van der Waals surface area contributed by atoms with Gasteiger partial charge < -0.3 is 15.3 Å². The van der Waals surface area contributed by atoms with Crippen LogP contribution in [0, 0.1) is 5.92 Å². The maximum absolute atomic E-state index is 12.9. The summed E-state index contributed by atoms with van der Waals surface area (Å²) in [6.45, 7) is 2.81. The number of carbonyl (C=O) groups excluding carboxylic acids is 1. The van der Waals surface area contributed by atoms with E-state index in [4.69, 9.17) is 0 Å². The third kappa shape index (κ3) is 6.19. The van der Waals surface area contributed by atoms with Crippen molar-refractivity contribution >= 4 is 21.4 Å². The minimum absolute atomic E-state index is 0.0207. The largest absolute Gasteiger partial charge is 0.416 e. The van der Waals surface area contributed by atoms with Gasteiger partial charge in [-0.15, -0.1) is 0 Å². The summed E-state index contributed by atoms with van der Waals surface area (Å²) in [6.07, 6.45) is -4.40. The van der Waals surface area contributed by atoms with Gasteiger partial charge in [0.2, 0.25) is 0 Å². The lowest BCUT2D eigenvalue weighted by atomic mass is 9.89. The van der Waals surface area contributed by atoms with Crippen LogP contribution < -0.4 is 10.2 Å². The van der Waals surface area contributed by atoms with Crippen molar-refractivity contribution in [3.63, 3.8) is 0 Å². The third-order valence-corrected chi connectivity index (χ3v) is 8.70. The van der Waals surface area contributed by atoms with Crippen LogP contribution in [0.3, 0.4) is 0 Å². The first-order chi connectivity index (χ1) is 18.0. The zero-order chi connectivity index (χ0) is 27.5. The van der Waals surface area contributed by atoms with Crippen LogP contribution in [0.25, 0.3) is 0 Å². The summed E-state index contributed by atoms with van der Waals surface area (Å²) in [5.41, 5.74) is 2.12. The Hall–Kier alpha value is -3.37. The highest BCUT2D eigenvalue weighted by molar-refractivity contribution is 7.91. The summed E-state index contributed by atoms with van der Waals surface area (Å²) < 4.78 is 62.6. The number of anilines is 1. The number of carbonyl (C=O) groups is 1. The van der Waals surface area contributed by atoms with Crippen LogP contribution in [0.15, 0.2) is 77.7 Å². The van der Waals surface area contributed by atoms with E-state index in [9.17, 15) is 31.5 Å². The van der Waals surface area contributed by atoms with Crippen molar-refractivity contribution in [1.29, 1.82) is 0 Å². The van der Waals surface area contributed by atoms with Crippen molar-refractivity contribution in [2.45, 2.75) is 30.5 Å². The number of sulfone groups is 1. The van der Waals surface area contributed by atoms with Gasteiger partial charge in [-0.2, -0.15) is 13.2 Å². The minimum Gasteiger partial charge on any atom is -0.396 e. The van der Waals surface area contributed by atoms with Crippen molar-refractivity contribution in [2.24, 2.45) is 5.92 Å². The Kier molecular flexibility index (Phi) is 8.13. The summed E-state index contributed by atoms with van der Waals surface area (Å²) in [5, 5.41) is 12.7. The van der Waals surface area contributed by atoms with Gasteiger partial charge in [-0.3, -0.25) is 4.79 Å². The lowest BCUT2D eigenvalue weighted by Crippen LogP contribution is -2.23. The van der Waals surface area contributed by atoms with E-state index in [1.807, 2.05) is 12.1 Å². The molecule has 4 rings (SSSR count). The van der Waals surface area contributed by atoms with E-state index < -0.39 is 21.6 Å². The lowest BCUT2D eigenvalue weighted by molar-refractivity contribution is -0.137. The first-order valence-electron chi connectivity index (χ1n) is 12.2. The normalized spacial score (nSPS) is 18.0. The van der Waals surface area contributed by atoms with Gasteiger partial charge >= 0.3 is 6.18 Å². The molecule has 1 fully saturated rings. The molecule has 0 aliphatic carbocycles. The van der Waals surface area contributed by atoms with Gasteiger partial charge in [0.1, 0.15) is 0 Å². The Bertz CT molecular complexity index is 1360. The smallest absolute Gasteiger partial charge is 0.396 e. The van der Waals surface area contributed by atoms with Gasteiger partial charge in [-0.1, -0.05) is 31.2 Å². The molecule has 38 heavy (non-hydrogen) atoms. The van der Waals surface area contributed by atoms with E-state index in [0.717, 1.165) is 28.9 Å². The van der Waals surface area contributed by atoms with Crippen LogP contribution in [-0.2, 0) is 22.6 Å². The predicted molar refractivity (Wildman–Crippen MR) is 139 cm³/mol. The second kappa shape index (κ2) is 11.2.